The zero-order valence-electron chi connectivity index (χ0n) is 9.89. The molecule has 19 heavy (non-hydrogen) atoms. The first-order valence-corrected chi connectivity index (χ1v) is 5.66. The minimum atomic E-state index is 0.523. The average Bonchev–Trinajstić information content (AvgIpc) is 3.10. The molecule has 0 radical (unpaired) electrons. The number of nitrogens with zero attached hydrogens (tertiary/aromatic N) is 5. The highest BCUT2D eigenvalue weighted by Gasteiger charge is 2.11. The molecule has 0 amide bonds. The van der Waals surface area contributed by atoms with Crippen molar-refractivity contribution in [2.24, 2.45) is 0 Å². The van der Waals surface area contributed by atoms with Gasteiger partial charge in [0, 0.05) is 0 Å². The maximum absolute atomic E-state index is 8.75. The fraction of sp³-hybridized carbons (Fsp3) is 0.0769. The van der Waals surface area contributed by atoms with Gasteiger partial charge in [0.1, 0.15) is 0 Å². The predicted octanol–water partition coefficient (Wildman–Crippen LogP) is 1.85. The van der Waals surface area contributed by atoms with Crippen LogP contribution in [0.15, 0.2) is 47.1 Å². The fourth-order valence-electron chi connectivity index (χ4n) is 1.75. The molecule has 2 heterocycles. The van der Waals surface area contributed by atoms with Crippen LogP contribution in [-0.4, -0.2) is 20.2 Å². The molecule has 6 nitrogen and oxygen atoms in total. The monoisotopic (exact) mass is 251 g/mol. The van der Waals surface area contributed by atoms with Crippen molar-refractivity contribution in [2.75, 3.05) is 0 Å². The Morgan fingerprint density at radius 1 is 1.21 bits per heavy atom. The summed E-state index contributed by atoms with van der Waals surface area (Å²) in [7, 11) is 0. The van der Waals surface area contributed by atoms with Gasteiger partial charge >= 0.3 is 0 Å². The largest absolute Gasteiger partial charge is 0.461 e. The van der Waals surface area contributed by atoms with Gasteiger partial charge in [-0.25, -0.2) is 4.68 Å². The molecule has 2 aromatic heterocycles. The lowest BCUT2D eigenvalue weighted by atomic mass is 10.1. The first kappa shape index (κ1) is 11.2. The molecule has 0 aliphatic rings. The van der Waals surface area contributed by atoms with Gasteiger partial charge in [-0.05, 0) is 40.3 Å². The fourth-order valence-corrected chi connectivity index (χ4v) is 1.75. The summed E-state index contributed by atoms with van der Waals surface area (Å²) in [5.74, 6) is 1.20. The van der Waals surface area contributed by atoms with E-state index in [0.29, 0.717) is 23.7 Å². The van der Waals surface area contributed by atoms with Crippen molar-refractivity contribution in [3.63, 3.8) is 0 Å². The molecular weight excluding hydrogens is 242 g/mol. The normalized spacial score (nSPS) is 10.3. The van der Waals surface area contributed by atoms with Crippen LogP contribution < -0.4 is 0 Å². The number of furan rings is 1. The van der Waals surface area contributed by atoms with E-state index in [-0.39, 0.29) is 0 Å². The molecule has 0 unspecified atom stereocenters. The topological polar surface area (TPSA) is 80.5 Å². The van der Waals surface area contributed by atoms with E-state index in [1.807, 2.05) is 12.1 Å². The predicted molar refractivity (Wildman–Crippen MR) is 65.8 cm³/mol. The van der Waals surface area contributed by atoms with Crippen LogP contribution in [0, 0.1) is 11.3 Å². The average molecular weight is 251 g/mol. The summed E-state index contributed by atoms with van der Waals surface area (Å²) in [6, 6.07) is 13.0. The smallest absolute Gasteiger partial charge is 0.218 e. The zero-order valence-corrected chi connectivity index (χ0v) is 9.89. The first-order chi connectivity index (χ1) is 9.36. The summed E-state index contributed by atoms with van der Waals surface area (Å²) >= 11 is 0. The van der Waals surface area contributed by atoms with Crippen molar-refractivity contribution in [2.45, 2.75) is 6.54 Å². The Kier molecular flexibility index (Phi) is 2.79. The highest BCUT2D eigenvalue weighted by Crippen LogP contribution is 2.16. The van der Waals surface area contributed by atoms with E-state index in [2.05, 4.69) is 21.6 Å². The van der Waals surface area contributed by atoms with E-state index in [1.54, 1.807) is 35.2 Å². The molecular formula is C13H9N5O. The van der Waals surface area contributed by atoms with E-state index in [9.17, 15) is 0 Å². The zero-order chi connectivity index (χ0) is 13.1. The van der Waals surface area contributed by atoms with Gasteiger partial charge < -0.3 is 4.42 Å². The molecule has 3 rings (SSSR count). The number of tetrazole rings is 1. The number of hydrogen-bond acceptors (Lipinski definition) is 5. The summed E-state index contributed by atoms with van der Waals surface area (Å²) in [6.45, 7) is 0.523. The van der Waals surface area contributed by atoms with Crippen LogP contribution in [0.4, 0.5) is 0 Å². The Balaban J connectivity index is 1.88. The van der Waals surface area contributed by atoms with Crippen LogP contribution >= 0.6 is 0 Å². The Bertz CT molecular complexity index is 706. The lowest BCUT2D eigenvalue weighted by Crippen LogP contribution is -2.04. The SMILES string of the molecule is N#Cc1ccc(Cn2nnnc2-c2ccco2)cc1. The van der Waals surface area contributed by atoms with Crippen molar-refractivity contribution < 1.29 is 4.42 Å². The first-order valence-electron chi connectivity index (χ1n) is 5.66. The van der Waals surface area contributed by atoms with Gasteiger partial charge in [-0.1, -0.05) is 12.1 Å². The third-order valence-electron chi connectivity index (χ3n) is 2.69. The summed E-state index contributed by atoms with van der Waals surface area (Å²) in [4.78, 5) is 0. The molecule has 0 bridgehead atoms. The van der Waals surface area contributed by atoms with Gasteiger partial charge in [0.2, 0.25) is 5.82 Å². The van der Waals surface area contributed by atoms with Gasteiger partial charge in [0.05, 0.1) is 24.4 Å². The van der Waals surface area contributed by atoms with E-state index >= 15 is 0 Å². The molecule has 0 fully saturated rings. The Morgan fingerprint density at radius 2 is 2.05 bits per heavy atom. The highest BCUT2D eigenvalue weighted by atomic mass is 16.3. The van der Waals surface area contributed by atoms with Gasteiger partial charge in [-0.3, -0.25) is 0 Å². The van der Waals surface area contributed by atoms with Crippen LogP contribution in [0.25, 0.3) is 11.6 Å². The van der Waals surface area contributed by atoms with Crippen molar-refractivity contribution in [1.82, 2.24) is 20.2 Å². The summed E-state index contributed by atoms with van der Waals surface area (Å²) in [6.07, 6.45) is 1.58. The second-order valence-corrected chi connectivity index (χ2v) is 3.95. The number of rotatable bonds is 3. The third kappa shape index (κ3) is 2.21. The van der Waals surface area contributed by atoms with E-state index in [1.165, 1.54) is 0 Å². The lowest BCUT2D eigenvalue weighted by molar-refractivity contribution is 0.565. The number of nitriles is 1. The molecule has 6 heteroatoms. The van der Waals surface area contributed by atoms with Crippen molar-refractivity contribution >= 4 is 0 Å². The van der Waals surface area contributed by atoms with Gasteiger partial charge in [0.15, 0.2) is 5.76 Å². The summed E-state index contributed by atoms with van der Waals surface area (Å²) in [5, 5.41) is 20.3. The second kappa shape index (κ2) is 4.74. The molecule has 92 valence electrons. The van der Waals surface area contributed by atoms with Crippen LogP contribution in [0.1, 0.15) is 11.1 Å². The van der Waals surface area contributed by atoms with Crippen LogP contribution in [0.2, 0.25) is 0 Å². The standard InChI is InChI=1S/C13H9N5O/c14-8-10-3-5-11(6-4-10)9-18-13(15-16-17-18)12-2-1-7-19-12/h1-7H,9H2. The van der Waals surface area contributed by atoms with Crippen molar-refractivity contribution in [1.29, 1.82) is 5.26 Å². The molecule has 0 spiro atoms. The van der Waals surface area contributed by atoms with E-state index < -0.39 is 0 Å². The number of benzene rings is 1. The van der Waals surface area contributed by atoms with Gasteiger partial charge in [-0.2, -0.15) is 5.26 Å². The van der Waals surface area contributed by atoms with E-state index in [0.717, 1.165) is 5.56 Å². The van der Waals surface area contributed by atoms with Crippen molar-refractivity contribution in [3.05, 3.63) is 53.8 Å². The van der Waals surface area contributed by atoms with Crippen LogP contribution in [-0.2, 0) is 6.54 Å². The number of hydrogen-bond donors (Lipinski definition) is 0. The van der Waals surface area contributed by atoms with Crippen molar-refractivity contribution in [3.8, 4) is 17.7 Å². The molecule has 0 saturated carbocycles. The molecule has 0 atom stereocenters. The lowest BCUT2D eigenvalue weighted by Gasteiger charge is -2.03. The Hall–Kier alpha value is -2.94. The van der Waals surface area contributed by atoms with Crippen LogP contribution in [0.3, 0.4) is 0 Å². The molecule has 0 aliphatic heterocycles. The molecule has 0 saturated heterocycles. The minimum Gasteiger partial charge on any atom is -0.461 e. The van der Waals surface area contributed by atoms with Gasteiger partial charge in [0.25, 0.3) is 0 Å². The summed E-state index contributed by atoms with van der Waals surface area (Å²) in [5.41, 5.74) is 1.64. The molecule has 1 aromatic carbocycles. The third-order valence-corrected chi connectivity index (χ3v) is 2.69. The maximum Gasteiger partial charge on any atom is 0.218 e. The second-order valence-electron chi connectivity index (χ2n) is 3.95. The maximum atomic E-state index is 8.75. The Morgan fingerprint density at radius 3 is 2.74 bits per heavy atom. The summed E-state index contributed by atoms with van der Waals surface area (Å²) < 4.78 is 6.94. The van der Waals surface area contributed by atoms with Gasteiger partial charge in [-0.15, -0.1) is 5.10 Å². The molecule has 0 N–H and O–H groups in total. The minimum absolute atomic E-state index is 0.523. The molecule has 0 aliphatic carbocycles. The molecule has 3 aromatic rings. The number of aromatic nitrogens is 4. The van der Waals surface area contributed by atoms with E-state index in [4.69, 9.17) is 9.68 Å². The quantitative estimate of drug-likeness (QED) is 0.709. The highest BCUT2D eigenvalue weighted by molar-refractivity contribution is 5.45. The van der Waals surface area contributed by atoms with Crippen LogP contribution in [0.5, 0.6) is 0 Å². The Labute approximate surface area is 108 Å².